The van der Waals surface area contributed by atoms with Gasteiger partial charge >= 0.3 is 0 Å². The molecule has 0 aliphatic heterocycles. The molecule has 0 atom stereocenters. The van der Waals surface area contributed by atoms with Crippen molar-refractivity contribution in [3.05, 3.63) is 57.0 Å². The van der Waals surface area contributed by atoms with E-state index in [0.29, 0.717) is 26.6 Å². The minimum Gasteiger partial charge on any atom is -0.457 e. The lowest BCUT2D eigenvalue weighted by Crippen LogP contribution is -2.13. The van der Waals surface area contributed by atoms with E-state index >= 15 is 0 Å². The van der Waals surface area contributed by atoms with Gasteiger partial charge in [-0.15, -0.1) is 0 Å². The van der Waals surface area contributed by atoms with Crippen LogP contribution in [-0.2, 0) is 0 Å². The molecular weight excluding hydrogens is 344 g/mol. The van der Waals surface area contributed by atoms with Crippen molar-refractivity contribution >= 4 is 33.4 Å². The van der Waals surface area contributed by atoms with Gasteiger partial charge in [-0.25, -0.2) is 0 Å². The van der Waals surface area contributed by atoms with Crippen molar-refractivity contribution < 1.29 is 9.94 Å². The Morgan fingerprint density at radius 1 is 1.25 bits per heavy atom. The van der Waals surface area contributed by atoms with Gasteiger partial charge in [0.05, 0.1) is 0 Å². The number of hydrogen-bond acceptors (Lipinski definition) is 3. The average molecular weight is 356 g/mol. The normalized spacial score (nSPS) is 11.4. The standard InChI is InChI=1S/C14H12BrClN2O2/c1-8-6-9(3-5-13(8)16)20-10-2-4-11(12(15)7-10)14(17)18-19/h2-7,19H,1H3,(H2,17,18). The van der Waals surface area contributed by atoms with Crippen LogP contribution >= 0.6 is 27.5 Å². The largest absolute Gasteiger partial charge is 0.457 e. The Balaban J connectivity index is 2.26. The Morgan fingerprint density at radius 2 is 1.90 bits per heavy atom. The van der Waals surface area contributed by atoms with Crippen molar-refractivity contribution in [1.82, 2.24) is 0 Å². The van der Waals surface area contributed by atoms with Gasteiger partial charge in [-0.05, 0) is 64.8 Å². The molecule has 0 fully saturated rings. The van der Waals surface area contributed by atoms with Crippen LogP contribution in [0.2, 0.25) is 5.02 Å². The summed E-state index contributed by atoms with van der Waals surface area (Å²) >= 11 is 9.32. The van der Waals surface area contributed by atoms with Gasteiger partial charge in [-0.2, -0.15) is 0 Å². The molecule has 0 amide bonds. The summed E-state index contributed by atoms with van der Waals surface area (Å²) in [5.41, 5.74) is 7.08. The molecule has 0 aromatic heterocycles. The summed E-state index contributed by atoms with van der Waals surface area (Å²) < 4.78 is 6.41. The van der Waals surface area contributed by atoms with E-state index < -0.39 is 0 Å². The van der Waals surface area contributed by atoms with Crippen LogP contribution in [0.4, 0.5) is 0 Å². The van der Waals surface area contributed by atoms with Crippen LogP contribution in [0, 0.1) is 6.92 Å². The first-order chi connectivity index (χ1) is 9.51. The van der Waals surface area contributed by atoms with E-state index in [1.54, 1.807) is 30.3 Å². The molecule has 6 heteroatoms. The van der Waals surface area contributed by atoms with Gasteiger partial charge in [-0.3, -0.25) is 0 Å². The highest BCUT2D eigenvalue weighted by atomic mass is 79.9. The molecule has 2 aromatic carbocycles. The highest BCUT2D eigenvalue weighted by Crippen LogP contribution is 2.29. The molecule has 2 rings (SSSR count). The van der Waals surface area contributed by atoms with Crippen LogP contribution in [0.5, 0.6) is 11.5 Å². The van der Waals surface area contributed by atoms with Gasteiger partial charge in [0.25, 0.3) is 0 Å². The molecule has 0 heterocycles. The summed E-state index contributed by atoms with van der Waals surface area (Å²) in [6.07, 6.45) is 0. The van der Waals surface area contributed by atoms with Crippen molar-refractivity contribution in [3.63, 3.8) is 0 Å². The number of hydrogen-bond donors (Lipinski definition) is 2. The molecule has 0 aliphatic rings. The minimum atomic E-state index is 0.0331. The van der Waals surface area contributed by atoms with E-state index in [4.69, 9.17) is 27.3 Å². The van der Waals surface area contributed by atoms with Gasteiger partial charge in [-0.1, -0.05) is 16.8 Å². The summed E-state index contributed by atoms with van der Waals surface area (Å²) in [6.45, 7) is 1.91. The Morgan fingerprint density at radius 3 is 2.50 bits per heavy atom. The number of nitrogens with two attached hydrogens (primary N) is 1. The third-order valence-corrected chi connectivity index (χ3v) is 3.77. The average Bonchev–Trinajstić information content (AvgIpc) is 2.42. The van der Waals surface area contributed by atoms with Crippen molar-refractivity contribution in [2.24, 2.45) is 10.9 Å². The van der Waals surface area contributed by atoms with Gasteiger partial charge in [0, 0.05) is 15.1 Å². The highest BCUT2D eigenvalue weighted by molar-refractivity contribution is 9.10. The van der Waals surface area contributed by atoms with E-state index in [1.807, 2.05) is 13.0 Å². The van der Waals surface area contributed by atoms with Crippen LogP contribution in [0.15, 0.2) is 46.0 Å². The molecule has 0 unspecified atom stereocenters. The Bertz CT molecular complexity index is 674. The molecule has 0 spiro atoms. The van der Waals surface area contributed by atoms with Gasteiger partial charge < -0.3 is 15.7 Å². The van der Waals surface area contributed by atoms with Crippen LogP contribution in [0.3, 0.4) is 0 Å². The smallest absolute Gasteiger partial charge is 0.171 e. The number of benzene rings is 2. The summed E-state index contributed by atoms with van der Waals surface area (Å²) in [5, 5.41) is 12.3. The van der Waals surface area contributed by atoms with Crippen LogP contribution in [-0.4, -0.2) is 11.0 Å². The van der Waals surface area contributed by atoms with E-state index in [2.05, 4.69) is 21.1 Å². The molecule has 104 valence electrons. The number of amidine groups is 1. The van der Waals surface area contributed by atoms with E-state index in [9.17, 15) is 0 Å². The first-order valence-electron chi connectivity index (χ1n) is 5.72. The van der Waals surface area contributed by atoms with Crippen LogP contribution in [0.25, 0.3) is 0 Å². The lowest BCUT2D eigenvalue weighted by Gasteiger charge is -2.09. The molecule has 0 bridgehead atoms. The summed E-state index contributed by atoms with van der Waals surface area (Å²) in [4.78, 5) is 0. The molecule has 0 saturated heterocycles. The first kappa shape index (κ1) is 14.7. The summed E-state index contributed by atoms with van der Waals surface area (Å²) in [5.74, 6) is 1.36. The summed E-state index contributed by atoms with van der Waals surface area (Å²) in [6, 6.07) is 10.6. The van der Waals surface area contributed by atoms with Crippen molar-refractivity contribution in [3.8, 4) is 11.5 Å². The fourth-order valence-electron chi connectivity index (χ4n) is 1.64. The van der Waals surface area contributed by atoms with Gasteiger partial charge in [0.15, 0.2) is 5.84 Å². The van der Waals surface area contributed by atoms with E-state index in [-0.39, 0.29) is 5.84 Å². The lowest BCUT2D eigenvalue weighted by atomic mass is 10.2. The first-order valence-corrected chi connectivity index (χ1v) is 6.90. The second kappa shape index (κ2) is 6.15. The number of oxime groups is 1. The predicted molar refractivity (Wildman–Crippen MR) is 82.9 cm³/mol. The SMILES string of the molecule is Cc1cc(Oc2ccc(/C(N)=N/O)c(Br)c2)ccc1Cl. The van der Waals surface area contributed by atoms with E-state index in [1.165, 1.54) is 0 Å². The third kappa shape index (κ3) is 3.23. The molecule has 0 radical (unpaired) electrons. The topological polar surface area (TPSA) is 67.8 Å². The van der Waals surface area contributed by atoms with Crippen LogP contribution in [0.1, 0.15) is 11.1 Å². The summed E-state index contributed by atoms with van der Waals surface area (Å²) in [7, 11) is 0. The predicted octanol–water partition coefficient (Wildman–Crippen LogP) is 4.30. The van der Waals surface area contributed by atoms with Crippen LogP contribution < -0.4 is 10.5 Å². The number of nitrogens with zero attached hydrogens (tertiary/aromatic N) is 1. The van der Waals surface area contributed by atoms with Crippen molar-refractivity contribution in [1.29, 1.82) is 0 Å². The number of halogens is 2. The third-order valence-electron chi connectivity index (χ3n) is 2.69. The zero-order chi connectivity index (χ0) is 14.7. The van der Waals surface area contributed by atoms with E-state index in [0.717, 1.165) is 5.56 Å². The maximum Gasteiger partial charge on any atom is 0.171 e. The lowest BCUT2D eigenvalue weighted by molar-refractivity contribution is 0.318. The van der Waals surface area contributed by atoms with Crippen molar-refractivity contribution in [2.75, 3.05) is 0 Å². The van der Waals surface area contributed by atoms with Gasteiger partial charge in [0.1, 0.15) is 11.5 Å². The maximum atomic E-state index is 8.67. The molecule has 0 saturated carbocycles. The zero-order valence-corrected chi connectivity index (χ0v) is 12.9. The quantitative estimate of drug-likeness (QED) is 0.373. The van der Waals surface area contributed by atoms with Gasteiger partial charge in [0.2, 0.25) is 0 Å². The number of aryl methyl sites for hydroxylation is 1. The number of ether oxygens (including phenoxy) is 1. The Kier molecular flexibility index (Phi) is 4.52. The monoisotopic (exact) mass is 354 g/mol. The van der Waals surface area contributed by atoms with Crippen molar-refractivity contribution in [2.45, 2.75) is 6.92 Å². The molecule has 4 nitrogen and oxygen atoms in total. The molecule has 3 N–H and O–H groups in total. The maximum absolute atomic E-state index is 8.67. The Hall–Kier alpha value is -1.72. The zero-order valence-electron chi connectivity index (χ0n) is 10.6. The molecule has 2 aromatic rings. The minimum absolute atomic E-state index is 0.0331. The molecule has 0 aliphatic carbocycles. The molecular formula is C14H12BrClN2O2. The fraction of sp³-hybridized carbons (Fsp3) is 0.0714. The second-order valence-electron chi connectivity index (χ2n) is 4.14. The number of rotatable bonds is 3. The second-order valence-corrected chi connectivity index (χ2v) is 5.40. The highest BCUT2D eigenvalue weighted by Gasteiger charge is 2.07. The Labute approximate surface area is 129 Å². The molecule has 20 heavy (non-hydrogen) atoms. The fourth-order valence-corrected chi connectivity index (χ4v) is 2.32.